The van der Waals surface area contributed by atoms with Crippen molar-refractivity contribution < 1.29 is 4.74 Å². The Kier molecular flexibility index (Phi) is 18.2. The molecule has 0 aliphatic heterocycles. The predicted octanol–water partition coefficient (Wildman–Crippen LogP) is 22.6. The van der Waals surface area contributed by atoms with E-state index in [9.17, 15) is 0 Å². The van der Waals surface area contributed by atoms with Crippen molar-refractivity contribution in [1.29, 1.82) is 0 Å². The van der Waals surface area contributed by atoms with Crippen LogP contribution in [0.25, 0.3) is 57.1 Å². The predicted molar refractivity (Wildman–Crippen MR) is 401 cm³/mol. The monoisotopic (exact) mass is 1230 g/mol. The SMILES string of the molecule is C=CC1=CC=C(OCC(C)CCC(C)CC2(C3C=CCCC3)C3=CC(N(C4=CC=C(C5=CCC(C(C)(C)C)C=C5)CC4)c4ccc(-c5ccc6c(c5)c5c(n6-c6ccc(-c7ccc(C=C)cc7)cc6)=CCC(C6=CCC(C=C)C=C6)C=5)cc4)=CCC3C3C=CC=CC32)CC1. The van der Waals surface area contributed by atoms with Crippen molar-refractivity contribution in [3.8, 4) is 27.9 Å². The van der Waals surface area contributed by atoms with Crippen LogP contribution < -0.4 is 15.5 Å². The van der Waals surface area contributed by atoms with Gasteiger partial charge in [-0.1, -0.05) is 236 Å². The van der Waals surface area contributed by atoms with E-state index in [-0.39, 0.29) is 10.8 Å². The van der Waals surface area contributed by atoms with Crippen LogP contribution in [0.1, 0.15) is 130 Å². The van der Waals surface area contributed by atoms with E-state index in [0.29, 0.717) is 53.3 Å². The zero-order valence-electron chi connectivity index (χ0n) is 56.7. The first-order valence-corrected chi connectivity index (χ1v) is 35.8. The Balaban J connectivity index is 0.821. The first-order chi connectivity index (χ1) is 45.8. The molecular formula is C91H98N2O. The van der Waals surface area contributed by atoms with E-state index in [1.54, 1.807) is 5.57 Å². The molecule has 0 amide bonds. The molecular weight excluding hydrogens is 1140 g/mol. The van der Waals surface area contributed by atoms with Gasteiger partial charge in [-0.05, 0) is 235 Å². The number of benzene rings is 4. The fourth-order valence-electron chi connectivity index (χ4n) is 17.5. The number of allylic oxidation sites excluding steroid dienone is 27. The highest BCUT2D eigenvalue weighted by Crippen LogP contribution is 2.66. The third-order valence-electron chi connectivity index (χ3n) is 23.0. The Morgan fingerprint density at radius 1 is 0.702 bits per heavy atom. The zero-order chi connectivity index (χ0) is 64.5. The van der Waals surface area contributed by atoms with Crippen LogP contribution in [0, 0.1) is 64.1 Å². The van der Waals surface area contributed by atoms with Crippen LogP contribution in [-0.2, 0) is 4.74 Å². The smallest absolute Gasteiger partial charge is 0.0963 e. The van der Waals surface area contributed by atoms with Gasteiger partial charge in [0.25, 0.3) is 0 Å². The van der Waals surface area contributed by atoms with E-state index in [1.165, 1.54) is 127 Å². The molecule has 0 spiro atoms. The second-order valence-corrected chi connectivity index (χ2v) is 29.9. The Bertz CT molecular complexity index is 4300. The second-order valence-electron chi connectivity index (χ2n) is 29.9. The van der Waals surface area contributed by atoms with Crippen molar-refractivity contribution in [3.63, 3.8) is 0 Å². The Labute approximate surface area is 562 Å². The summed E-state index contributed by atoms with van der Waals surface area (Å²) in [5, 5.41) is 3.88. The maximum atomic E-state index is 6.46. The summed E-state index contributed by atoms with van der Waals surface area (Å²) in [5.41, 5.74) is 19.9. The van der Waals surface area contributed by atoms with Crippen LogP contribution in [0.4, 0.5) is 5.69 Å². The largest absolute Gasteiger partial charge is 0.498 e. The summed E-state index contributed by atoms with van der Waals surface area (Å²) in [6, 6.07) is 34.7. The normalized spacial score (nSPS) is 25.9. The van der Waals surface area contributed by atoms with Gasteiger partial charge in [0.2, 0.25) is 0 Å². The van der Waals surface area contributed by atoms with Crippen LogP contribution in [0.2, 0.25) is 0 Å². The number of anilines is 1. The van der Waals surface area contributed by atoms with E-state index < -0.39 is 0 Å². The van der Waals surface area contributed by atoms with Crippen LogP contribution in [0.15, 0.2) is 277 Å². The van der Waals surface area contributed by atoms with Gasteiger partial charge < -0.3 is 14.2 Å². The minimum atomic E-state index is 0.0228. The van der Waals surface area contributed by atoms with Gasteiger partial charge in [-0.2, -0.15) is 0 Å². The minimum absolute atomic E-state index is 0.0228. The molecule has 478 valence electrons. The third kappa shape index (κ3) is 12.6. The number of aromatic nitrogens is 1. The van der Waals surface area contributed by atoms with Gasteiger partial charge >= 0.3 is 0 Å². The number of rotatable bonds is 20. The van der Waals surface area contributed by atoms with E-state index in [4.69, 9.17) is 4.74 Å². The fraction of sp³-hybridized carbons (Fsp3) is 0.341. The molecule has 0 bridgehead atoms. The Morgan fingerprint density at radius 3 is 2.17 bits per heavy atom. The molecule has 1 fully saturated rings. The number of nitrogens with zero attached hydrogens (tertiary/aromatic N) is 2. The molecule has 0 saturated heterocycles. The lowest BCUT2D eigenvalue weighted by Crippen LogP contribution is -2.39. The van der Waals surface area contributed by atoms with Gasteiger partial charge in [-0.15, -0.1) is 6.58 Å². The van der Waals surface area contributed by atoms with Gasteiger partial charge in [-0.3, -0.25) is 0 Å². The lowest BCUT2D eigenvalue weighted by molar-refractivity contribution is 0.124. The van der Waals surface area contributed by atoms with Crippen molar-refractivity contribution in [3.05, 3.63) is 293 Å². The highest BCUT2D eigenvalue weighted by atomic mass is 16.5. The second kappa shape index (κ2) is 27.1. The van der Waals surface area contributed by atoms with Crippen molar-refractivity contribution in [2.24, 2.45) is 64.1 Å². The number of fused-ring (bicyclic) bond motifs is 6. The fourth-order valence-corrected chi connectivity index (χ4v) is 17.5. The molecule has 1 heterocycles. The molecule has 3 heteroatoms. The summed E-state index contributed by atoms with van der Waals surface area (Å²) < 4.78 is 8.97. The van der Waals surface area contributed by atoms with E-state index in [0.717, 1.165) is 69.3 Å². The molecule has 1 aromatic heterocycles. The molecule has 94 heavy (non-hydrogen) atoms. The molecule has 0 radical (unpaired) electrons. The zero-order valence-corrected chi connectivity index (χ0v) is 56.7. The highest BCUT2D eigenvalue weighted by Gasteiger charge is 2.58. The van der Waals surface area contributed by atoms with Crippen molar-refractivity contribution >= 4 is 34.8 Å². The molecule has 10 unspecified atom stereocenters. The molecule has 0 N–H and O–H groups in total. The maximum Gasteiger partial charge on any atom is 0.0963 e. The Hall–Kier alpha value is -8.40. The summed E-state index contributed by atoms with van der Waals surface area (Å²) in [6.07, 6.45) is 70.8. The molecule has 1 saturated carbocycles. The molecule has 14 rings (SSSR count). The topological polar surface area (TPSA) is 17.4 Å². The number of ether oxygens (including phenoxy) is 1. The van der Waals surface area contributed by atoms with Crippen LogP contribution >= 0.6 is 0 Å². The molecule has 5 aromatic rings. The molecule has 9 aliphatic rings. The number of hydrogen-bond donors (Lipinski definition) is 0. The number of hydrogen-bond acceptors (Lipinski definition) is 2. The summed E-state index contributed by atoms with van der Waals surface area (Å²) in [4.78, 5) is 2.68. The van der Waals surface area contributed by atoms with Gasteiger partial charge in [0.1, 0.15) is 0 Å². The average Bonchev–Trinajstić information content (AvgIpc) is 1.55. The quantitative estimate of drug-likeness (QED) is 0.0723. The molecule has 4 aromatic carbocycles. The first kappa shape index (κ1) is 63.0. The van der Waals surface area contributed by atoms with E-state index >= 15 is 0 Å². The average molecular weight is 1240 g/mol. The molecule has 10 atom stereocenters. The summed E-state index contributed by atoms with van der Waals surface area (Å²) in [5.74, 6) is 5.36. The summed E-state index contributed by atoms with van der Waals surface area (Å²) in [7, 11) is 0. The van der Waals surface area contributed by atoms with Gasteiger partial charge in [0.05, 0.1) is 17.9 Å². The lowest BCUT2D eigenvalue weighted by Gasteiger charge is -2.46. The van der Waals surface area contributed by atoms with Crippen molar-refractivity contribution in [2.45, 2.75) is 125 Å². The van der Waals surface area contributed by atoms with Crippen molar-refractivity contribution in [1.82, 2.24) is 4.57 Å². The van der Waals surface area contributed by atoms with Gasteiger partial charge in [-0.25, -0.2) is 0 Å². The first-order valence-electron chi connectivity index (χ1n) is 35.8. The van der Waals surface area contributed by atoms with Crippen LogP contribution in [0.3, 0.4) is 0 Å². The standard InChI is InChI=1S/C91H98N2O/c1-9-64-23-29-67(30-24-64)69-37-49-79(50-38-69)93-88-55-41-73(71-31-25-65(10-2)26-32-71)57-84(88)85-58-74(42-56-89(85)93)72-39-47-78(48-40-72)92(77-45-35-70(36-46-77)68-33-43-75(44-34-68)90(6,7)8)80-51-54-83-82-19-15-16-20-86(82)91(87(83)59-80,76-17-13-12-14-18-76)60-62(4)21-22-63(5)61-94-81-52-27-66(11-3)28-53-81/h9-11,13,15-17,19-20,23-25,27,29-35,37-40,42-43,45,47-52,55-59,62-63,65,73,75-76,82-83,86H,1-3,12,14,18,21-22,26,28,36,41,44,46,53-54,60-61H2,4-8H3. The third-order valence-corrected chi connectivity index (χ3v) is 23.0. The van der Waals surface area contributed by atoms with E-state index in [1.807, 2.05) is 12.2 Å². The van der Waals surface area contributed by atoms with Crippen LogP contribution in [-0.4, -0.2) is 11.2 Å². The van der Waals surface area contributed by atoms with Gasteiger partial charge in [0, 0.05) is 56.5 Å². The summed E-state index contributed by atoms with van der Waals surface area (Å²) >= 11 is 0. The lowest BCUT2D eigenvalue weighted by atomic mass is 9.58. The maximum absolute atomic E-state index is 6.46. The molecule has 9 aliphatic carbocycles. The minimum Gasteiger partial charge on any atom is -0.498 e. The van der Waals surface area contributed by atoms with Gasteiger partial charge in [0.15, 0.2) is 0 Å². The van der Waals surface area contributed by atoms with Crippen LogP contribution in [0.5, 0.6) is 0 Å². The highest BCUT2D eigenvalue weighted by molar-refractivity contribution is 5.89. The molecule has 3 nitrogen and oxygen atoms in total. The Morgan fingerprint density at radius 2 is 1.48 bits per heavy atom. The van der Waals surface area contributed by atoms with E-state index in [2.05, 4.69) is 282 Å². The van der Waals surface area contributed by atoms with Crippen molar-refractivity contribution in [2.75, 3.05) is 11.5 Å². The summed E-state index contributed by atoms with van der Waals surface area (Å²) in [6.45, 7) is 24.9.